The normalized spacial score (nSPS) is 28.3. The molecule has 0 radical (unpaired) electrons. The van der Waals surface area contributed by atoms with Crippen LogP contribution < -0.4 is 10.6 Å². The maximum absolute atomic E-state index is 6.50. The summed E-state index contributed by atoms with van der Waals surface area (Å²) >= 11 is 6.50. The summed E-state index contributed by atoms with van der Waals surface area (Å²) in [6.45, 7) is 5.48. The van der Waals surface area contributed by atoms with Gasteiger partial charge in [0, 0.05) is 25.2 Å². The van der Waals surface area contributed by atoms with Crippen molar-refractivity contribution in [3.8, 4) is 0 Å². The van der Waals surface area contributed by atoms with Crippen LogP contribution in [0.4, 0.5) is 5.69 Å². The van der Waals surface area contributed by atoms with Gasteiger partial charge in [0.2, 0.25) is 0 Å². The Morgan fingerprint density at radius 2 is 2.10 bits per heavy atom. The summed E-state index contributed by atoms with van der Waals surface area (Å²) in [4.78, 5) is 5.01. The Labute approximate surface area is 133 Å². The van der Waals surface area contributed by atoms with Crippen LogP contribution >= 0.6 is 11.6 Å². The number of piperidine rings is 2. The molecule has 2 fully saturated rings. The predicted octanol–water partition coefficient (Wildman–Crippen LogP) is 3.28. The molecule has 0 saturated carbocycles. The van der Waals surface area contributed by atoms with E-state index >= 15 is 0 Å². The van der Waals surface area contributed by atoms with Gasteiger partial charge in [0.15, 0.2) is 0 Å². The van der Waals surface area contributed by atoms with E-state index in [1.165, 1.54) is 31.5 Å². The highest BCUT2D eigenvalue weighted by molar-refractivity contribution is 6.33. The Balaban J connectivity index is 1.76. The third-order valence-corrected chi connectivity index (χ3v) is 5.49. The van der Waals surface area contributed by atoms with E-state index < -0.39 is 0 Å². The summed E-state index contributed by atoms with van der Waals surface area (Å²) < 4.78 is 0. The molecule has 1 aromatic rings. The van der Waals surface area contributed by atoms with Crippen LogP contribution in [0.15, 0.2) is 18.2 Å². The molecule has 0 aliphatic carbocycles. The zero-order chi connectivity index (χ0) is 15.0. The van der Waals surface area contributed by atoms with Crippen molar-refractivity contribution in [2.24, 2.45) is 11.7 Å². The van der Waals surface area contributed by atoms with Gasteiger partial charge in [-0.15, -0.1) is 0 Å². The van der Waals surface area contributed by atoms with Crippen molar-refractivity contribution in [2.45, 2.75) is 38.3 Å². The standard InChI is InChI=1S/C17H26ClN3/c1-12(19)13-5-6-17(15(18)10-13)21-9-7-16-14(11-21)4-3-8-20(16)2/h5-6,10,12,14,16H,3-4,7-9,11,19H2,1-2H3. The lowest BCUT2D eigenvalue weighted by Crippen LogP contribution is -2.52. The number of nitrogens with zero attached hydrogens (tertiary/aromatic N) is 2. The molecule has 4 heteroatoms. The van der Waals surface area contributed by atoms with E-state index in [1.54, 1.807) is 0 Å². The van der Waals surface area contributed by atoms with Gasteiger partial charge in [-0.3, -0.25) is 0 Å². The lowest BCUT2D eigenvalue weighted by molar-refractivity contribution is 0.102. The molecule has 2 saturated heterocycles. The van der Waals surface area contributed by atoms with Crippen LogP contribution in [0.2, 0.25) is 5.02 Å². The quantitative estimate of drug-likeness (QED) is 0.910. The molecule has 3 unspecified atom stereocenters. The summed E-state index contributed by atoms with van der Waals surface area (Å²) in [6.07, 6.45) is 3.91. The molecule has 1 aromatic carbocycles. The maximum Gasteiger partial charge on any atom is 0.0642 e. The van der Waals surface area contributed by atoms with Crippen molar-refractivity contribution in [3.05, 3.63) is 28.8 Å². The lowest BCUT2D eigenvalue weighted by atomic mass is 9.84. The van der Waals surface area contributed by atoms with Crippen LogP contribution in [0.3, 0.4) is 0 Å². The molecule has 0 amide bonds. The molecule has 3 rings (SSSR count). The van der Waals surface area contributed by atoms with Crippen LogP contribution in [0, 0.1) is 5.92 Å². The van der Waals surface area contributed by atoms with Gasteiger partial charge < -0.3 is 15.5 Å². The van der Waals surface area contributed by atoms with Crippen LogP contribution in [0.25, 0.3) is 0 Å². The fourth-order valence-electron chi connectivity index (χ4n) is 3.93. The summed E-state index contributed by atoms with van der Waals surface area (Å²) in [6, 6.07) is 7.09. The first-order valence-electron chi connectivity index (χ1n) is 8.06. The molecular formula is C17H26ClN3. The van der Waals surface area contributed by atoms with Crippen LogP contribution in [0.1, 0.15) is 37.8 Å². The average molecular weight is 308 g/mol. The molecule has 2 aliphatic heterocycles. The lowest BCUT2D eigenvalue weighted by Gasteiger charge is -2.46. The summed E-state index contributed by atoms with van der Waals surface area (Å²) in [5.41, 5.74) is 8.22. The van der Waals surface area contributed by atoms with E-state index in [1.807, 2.05) is 13.0 Å². The first-order chi connectivity index (χ1) is 10.1. The number of hydrogen-bond donors (Lipinski definition) is 1. The molecule has 0 spiro atoms. The van der Waals surface area contributed by atoms with Gasteiger partial charge in [-0.1, -0.05) is 17.7 Å². The minimum absolute atomic E-state index is 0.0364. The largest absolute Gasteiger partial charge is 0.370 e. The van der Waals surface area contributed by atoms with E-state index in [4.69, 9.17) is 17.3 Å². The molecule has 2 heterocycles. The van der Waals surface area contributed by atoms with Crippen molar-refractivity contribution in [1.29, 1.82) is 0 Å². The fraction of sp³-hybridized carbons (Fsp3) is 0.647. The predicted molar refractivity (Wildman–Crippen MR) is 90.0 cm³/mol. The van der Waals surface area contributed by atoms with Gasteiger partial charge in [-0.05, 0) is 63.4 Å². The van der Waals surface area contributed by atoms with Gasteiger partial charge in [0.1, 0.15) is 0 Å². The number of rotatable bonds is 2. The topological polar surface area (TPSA) is 32.5 Å². The first kappa shape index (κ1) is 15.1. The second kappa shape index (κ2) is 6.15. The highest BCUT2D eigenvalue weighted by atomic mass is 35.5. The number of likely N-dealkylation sites (tertiary alicyclic amines) is 1. The Kier molecular flexibility index (Phi) is 4.43. The van der Waals surface area contributed by atoms with Gasteiger partial charge in [0.25, 0.3) is 0 Å². The third kappa shape index (κ3) is 3.05. The van der Waals surface area contributed by atoms with E-state index in [0.717, 1.165) is 35.6 Å². The summed E-state index contributed by atoms with van der Waals surface area (Å²) in [5.74, 6) is 0.779. The fourth-order valence-corrected chi connectivity index (χ4v) is 4.24. The molecule has 2 aliphatic rings. The third-order valence-electron chi connectivity index (χ3n) is 5.18. The van der Waals surface area contributed by atoms with E-state index in [-0.39, 0.29) is 6.04 Å². The van der Waals surface area contributed by atoms with Crippen LogP contribution in [-0.2, 0) is 0 Å². The van der Waals surface area contributed by atoms with Crippen LogP contribution in [0.5, 0.6) is 0 Å². The SMILES string of the molecule is CC(N)c1ccc(N2CCC3C(CCCN3C)C2)c(Cl)c1. The second-order valence-corrected chi connectivity index (χ2v) is 7.09. The monoisotopic (exact) mass is 307 g/mol. The number of nitrogens with two attached hydrogens (primary N) is 1. The molecule has 0 aromatic heterocycles. The maximum atomic E-state index is 6.50. The van der Waals surface area contributed by atoms with Gasteiger partial charge in [-0.25, -0.2) is 0 Å². The summed E-state index contributed by atoms with van der Waals surface area (Å²) in [7, 11) is 2.27. The van der Waals surface area contributed by atoms with Gasteiger partial charge in [0.05, 0.1) is 10.7 Å². The number of hydrogen-bond acceptors (Lipinski definition) is 3. The minimum Gasteiger partial charge on any atom is -0.370 e. The molecular weight excluding hydrogens is 282 g/mol. The Morgan fingerprint density at radius 1 is 1.29 bits per heavy atom. The zero-order valence-corrected chi connectivity index (χ0v) is 13.8. The van der Waals surface area contributed by atoms with Gasteiger partial charge in [-0.2, -0.15) is 0 Å². The molecule has 3 atom stereocenters. The zero-order valence-electron chi connectivity index (χ0n) is 13.1. The number of anilines is 1. The number of fused-ring (bicyclic) bond motifs is 1. The Bertz CT molecular complexity index is 503. The molecule has 21 heavy (non-hydrogen) atoms. The van der Waals surface area contributed by atoms with Crippen LogP contribution in [-0.4, -0.2) is 37.6 Å². The Hall–Kier alpha value is -0.770. The molecule has 0 bridgehead atoms. The highest BCUT2D eigenvalue weighted by Crippen LogP contribution is 2.35. The molecule has 3 nitrogen and oxygen atoms in total. The highest BCUT2D eigenvalue weighted by Gasteiger charge is 2.34. The average Bonchev–Trinajstić information content (AvgIpc) is 2.47. The first-order valence-corrected chi connectivity index (χ1v) is 8.44. The minimum atomic E-state index is 0.0364. The van der Waals surface area contributed by atoms with E-state index in [9.17, 15) is 0 Å². The number of benzene rings is 1. The van der Waals surface area contributed by atoms with Gasteiger partial charge >= 0.3 is 0 Å². The van der Waals surface area contributed by atoms with E-state index in [2.05, 4.69) is 29.0 Å². The molecule has 2 N–H and O–H groups in total. The van der Waals surface area contributed by atoms with Crippen molar-refractivity contribution in [3.63, 3.8) is 0 Å². The summed E-state index contributed by atoms with van der Waals surface area (Å²) in [5, 5.41) is 0.840. The van der Waals surface area contributed by atoms with Crippen molar-refractivity contribution in [1.82, 2.24) is 4.90 Å². The molecule has 116 valence electrons. The van der Waals surface area contributed by atoms with E-state index in [0.29, 0.717) is 0 Å². The smallest absolute Gasteiger partial charge is 0.0642 e. The van der Waals surface area contributed by atoms with Crippen molar-refractivity contribution in [2.75, 3.05) is 31.6 Å². The van der Waals surface area contributed by atoms with Crippen molar-refractivity contribution < 1.29 is 0 Å². The van der Waals surface area contributed by atoms with Crippen molar-refractivity contribution >= 4 is 17.3 Å². The number of halogens is 1. The second-order valence-electron chi connectivity index (χ2n) is 6.68. The Morgan fingerprint density at radius 3 is 2.81 bits per heavy atom.